The van der Waals surface area contributed by atoms with E-state index in [1.165, 1.54) is 0 Å². The summed E-state index contributed by atoms with van der Waals surface area (Å²) in [5.74, 6) is 2.32. The fraction of sp³-hybridized carbons (Fsp3) is 0.400. The number of hydrogen-bond donors (Lipinski definition) is 0. The zero-order chi connectivity index (χ0) is 29.3. The van der Waals surface area contributed by atoms with Crippen LogP contribution in [0.1, 0.15) is 5.69 Å². The number of methoxy groups -OCH3 is 2. The van der Waals surface area contributed by atoms with Gasteiger partial charge in [-0.3, -0.25) is 9.97 Å². The van der Waals surface area contributed by atoms with Gasteiger partial charge in [0.25, 0.3) is 0 Å². The number of thiazole rings is 1. The zero-order valence-corrected chi connectivity index (χ0v) is 25.4. The Kier molecular flexibility index (Phi) is 7.59. The van der Waals surface area contributed by atoms with E-state index >= 15 is 0 Å². The van der Waals surface area contributed by atoms with E-state index in [1.807, 2.05) is 29.9 Å². The molecule has 13 heteroatoms. The second-order valence-electron chi connectivity index (χ2n) is 10.6. The molecule has 5 aromatic heterocycles. The van der Waals surface area contributed by atoms with E-state index in [9.17, 15) is 0 Å². The van der Waals surface area contributed by atoms with E-state index in [0.717, 1.165) is 106 Å². The quantitative estimate of drug-likeness (QED) is 0.247. The summed E-state index contributed by atoms with van der Waals surface area (Å²) in [6, 6.07) is 5.98. The Balaban J connectivity index is 1.32. The van der Waals surface area contributed by atoms with Gasteiger partial charge in [-0.15, -0.1) is 0 Å². The number of anilines is 2. The van der Waals surface area contributed by atoms with Crippen molar-refractivity contribution in [2.24, 2.45) is 0 Å². The van der Waals surface area contributed by atoms with Crippen molar-refractivity contribution in [3.63, 3.8) is 0 Å². The van der Waals surface area contributed by atoms with Crippen molar-refractivity contribution in [3.05, 3.63) is 42.5 Å². The Morgan fingerprint density at radius 1 is 1.05 bits per heavy atom. The lowest BCUT2D eigenvalue weighted by atomic mass is 10.1. The number of aryl methyl sites for hydroxylation is 1. The van der Waals surface area contributed by atoms with Crippen molar-refractivity contribution in [1.29, 1.82) is 0 Å². The maximum absolute atomic E-state index is 5.67. The molecule has 7 rings (SSSR count). The minimum atomic E-state index is 0.661. The maximum atomic E-state index is 5.67. The lowest BCUT2D eigenvalue weighted by Crippen LogP contribution is -2.40. The van der Waals surface area contributed by atoms with E-state index in [1.54, 1.807) is 38.0 Å². The molecule has 0 aromatic carbocycles. The lowest BCUT2D eigenvalue weighted by Gasteiger charge is -2.28. The van der Waals surface area contributed by atoms with E-state index in [2.05, 4.69) is 31.6 Å². The molecular formula is C30H34N9O3S+. The van der Waals surface area contributed by atoms with Gasteiger partial charge in [-0.2, -0.15) is 5.10 Å². The number of nitrogens with zero attached hydrogens (tertiary/aromatic N) is 9. The molecule has 2 aliphatic rings. The summed E-state index contributed by atoms with van der Waals surface area (Å²) < 4.78 is 21.8. The highest BCUT2D eigenvalue weighted by Gasteiger charge is 2.25. The van der Waals surface area contributed by atoms with Gasteiger partial charge in [-0.05, 0) is 19.1 Å². The fourth-order valence-electron chi connectivity index (χ4n) is 5.61. The van der Waals surface area contributed by atoms with Gasteiger partial charge in [-0.25, -0.2) is 19.2 Å². The van der Waals surface area contributed by atoms with Gasteiger partial charge in [0.2, 0.25) is 0 Å². The summed E-state index contributed by atoms with van der Waals surface area (Å²) in [5.41, 5.74) is 4.31. The summed E-state index contributed by atoms with van der Waals surface area (Å²) in [5, 5.41) is 6.77. The molecule has 222 valence electrons. The molecule has 0 spiro atoms. The molecule has 0 N–H and O–H groups in total. The second-order valence-corrected chi connectivity index (χ2v) is 11.6. The van der Waals surface area contributed by atoms with Crippen molar-refractivity contribution in [2.75, 3.05) is 83.1 Å². The summed E-state index contributed by atoms with van der Waals surface area (Å²) >= 11 is 1.70. The number of rotatable bonds is 8. The number of hydrogen-bond acceptors (Lipinski definition) is 11. The van der Waals surface area contributed by atoms with Crippen LogP contribution in [0.15, 0.2) is 36.8 Å². The third-order valence-corrected chi connectivity index (χ3v) is 9.03. The van der Waals surface area contributed by atoms with Gasteiger partial charge in [0.1, 0.15) is 17.9 Å². The van der Waals surface area contributed by atoms with Crippen LogP contribution in [0.4, 0.5) is 10.9 Å². The Bertz CT molecular complexity index is 1810. The molecule has 0 amide bonds. The first-order valence-corrected chi connectivity index (χ1v) is 15.2. The first-order chi connectivity index (χ1) is 21.1. The van der Waals surface area contributed by atoms with Crippen molar-refractivity contribution in [3.8, 4) is 22.8 Å². The van der Waals surface area contributed by atoms with Crippen molar-refractivity contribution >= 4 is 49.6 Å². The van der Waals surface area contributed by atoms with Crippen molar-refractivity contribution in [2.45, 2.75) is 6.92 Å². The van der Waals surface area contributed by atoms with E-state index < -0.39 is 0 Å². The van der Waals surface area contributed by atoms with Crippen LogP contribution in [-0.2, 0) is 9.47 Å². The Morgan fingerprint density at radius 2 is 1.93 bits per heavy atom. The van der Waals surface area contributed by atoms with Gasteiger partial charge in [0.15, 0.2) is 36.1 Å². The Hall–Kier alpha value is -4.20. The van der Waals surface area contributed by atoms with Gasteiger partial charge in [-0.1, -0.05) is 11.3 Å². The molecule has 12 nitrogen and oxygen atoms in total. The fourth-order valence-corrected chi connectivity index (χ4v) is 6.64. The zero-order valence-electron chi connectivity index (χ0n) is 24.6. The van der Waals surface area contributed by atoms with Crippen LogP contribution in [-0.4, -0.2) is 114 Å². The first kappa shape index (κ1) is 27.6. The minimum Gasteiger partial charge on any atom is -0.496 e. The highest BCUT2D eigenvalue weighted by Crippen LogP contribution is 2.37. The average Bonchev–Trinajstić information content (AvgIpc) is 3.69. The lowest BCUT2D eigenvalue weighted by molar-refractivity contribution is -0.526. The monoisotopic (exact) mass is 600 g/mol. The second kappa shape index (κ2) is 11.8. The van der Waals surface area contributed by atoms with Crippen molar-refractivity contribution in [1.82, 2.24) is 29.7 Å². The SMILES string of the molecule is COCC[N+]1=CCN(c2nc3c(N4CCOCC4)nc(-n4ncc5c(C)nc(-c6cnccc6OC)cc54)cc3s2)CC1. The van der Waals surface area contributed by atoms with Crippen LogP contribution in [0.2, 0.25) is 0 Å². The number of morpholine rings is 1. The molecule has 7 heterocycles. The molecule has 2 aliphatic heterocycles. The predicted octanol–water partition coefficient (Wildman–Crippen LogP) is 3.19. The standard InChI is InChI=1S/C30H34N9O3S/c1-20-21-19-32-39(24(21)16-23(33-20)22-18-31-5-4-25(22)41-3)27-17-26-28(29(34-27)37-11-14-42-15-12-37)35-30(43-26)38-8-6-36(7-9-38)10-13-40-2/h4-6,16-19H,7-15H2,1-3H3/q+1. The van der Waals surface area contributed by atoms with E-state index in [4.69, 9.17) is 34.3 Å². The van der Waals surface area contributed by atoms with Crippen LogP contribution >= 0.6 is 11.3 Å². The van der Waals surface area contributed by atoms with Crippen molar-refractivity contribution < 1.29 is 18.8 Å². The highest BCUT2D eigenvalue weighted by molar-refractivity contribution is 7.22. The topological polar surface area (TPSA) is 107 Å². The number of ether oxygens (including phenoxy) is 3. The third kappa shape index (κ3) is 5.28. The van der Waals surface area contributed by atoms with E-state index in [0.29, 0.717) is 13.2 Å². The normalized spacial score (nSPS) is 15.8. The molecule has 43 heavy (non-hydrogen) atoms. The molecule has 0 aliphatic carbocycles. The smallest absolute Gasteiger partial charge is 0.187 e. The summed E-state index contributed by atoms with van der Waals surface area (Å²) in [6.45, 7) is 9.13. The molecule has 1 saturated heterocycles. The van der Waals surface area contributed by atoms with Gasteiger partial charge in [0, 0.05) is 49.7 Å². The number of fused-ring (bicyclic) bond motifs is 2. The minimum absolute atomic E-state index is 0.661. The summed E-state index contributed by atoms with van der Waals surface area (Å²) in [6.07, 6.45) is 7.59. The van der Waals surface area contributed by atoms with Crippen LogP contribution in [0.5, 0.6) is 5.75 Å². The molecule has 5 aromatic rings. The molecule has 0 saturated carbocycles. The largest absolute Gasteiger partial charge is 0.496 e. The maximum Gasteiger partial charge on any atom is 0.187 e. The van der Waals surface area contributed by atoms with Gasteiger partial charge in [0.05, 0.1) is 61.1 Å². The Labute approximate surface area is 253 Å². The molecule has 0 atom stereocenters. The number of aromatic nitrogens is 6. The molecule has 0 bridgehead atoms. The summed E-state index contributed by atoms with van der Waals surface area (Å²) in [4.78, 5) is 24.1. The molecule has 0 radical (unpaired) electrons. The first-order valence-electron chi connectivity index (χ1n) is 14.4. The molecule has 0 unspecified atom stereocenters. The Morgan fingerprint density at radius 3 is 2.72 bits per heavy atom. The third-order valence-electron chi connectivity index (χ3n) is 7.97. The van der Waals surface area contributed by atoms with Crippen LogP contribution in [0.3, 0.4) is 0 Å². The van der Waals surface area contributed by atoms with Gasteiger partial charge >= 0.3 is 0 Å². The molecule has 1 fully saturated rings. The van der Waals surface area contributed by atoms with Crippen LogP contribution < -0.4 is 14.5 Å². The number of pyridine rings is 3. The van der Waals surface area contributed by atoms with Gasteiger partial charge < -0.3 is 24.0 Å². The summed E-state index contributed by atoms with van der Waals surface area (Å²) in [7, 11) is 3.40. The average molecular weight is 601 g/mol. The van der Waals surface area contributed by atoms with Crippen LogP contribution in [0.25, 0.3) is 38.2 Å². The van der Waals surface area contributed by atoms with Crippen LogP contribution in [0, 0.1) is 6.92 Å². The highest BCUT2D eigenvalue weighted by atomic mass is 32.1. The van der Waals surface area contributed by atoms with E-state index in [-0.39, 0.29) is 0 Å². The predicted molar refractivity (Wildman–Crippen MR) is 168 cm³/mol. The molecular weight excluding hydrogens is 566 g/mol.